The average Bonchev–Trinajstić information content (AvgIpc) is 1.61. The van der Waals surface area contributed by atoms with Gasteiger partial charge < -0.3 is 0 Å². The van der Waals surface area contributed by atoms with Gasteiger partial charge in [0.15, 0.2) is 0 Å². The fourth-order valence-electron chi connectivity index (χ4n) is 0.258. The van der Waals surface area contributed by atoms with E-state index in [9.17, 15) is 0 Å². The van der Waals surface area contributed by atoms with Gasteiger partial charge in [-0.05, 0) is 0 Å². The Bertz CT molecular complexity index is 86.4. The molecule has 1 heteroatoms. The molecule has 0 aromatic rings. The van der Waals surface area contributed by atoms with E-state index in [0.717, 1.165) is 0 Å². The lowest BCUT2D eigenvalue weighted by atomic mass is 10.3. The third-order valence-electron chi connectivity index (χ3n) is 0.533. The number of hydrogen-bond acceptors (Lipinski definition) is 0. The maximum absolute atomic E-state index is 3.92. The molecule has 0 unspecified atom stereocenters. The molecule has 0 aromatic heterocycles. The Morgan fingerprint density at radius 2 is 2.00 bits per heavy atom. The van der Waals surface area contributed by atoms with Gasteiger partial charge in [0.25, 0.3) is 12.4 Å². The molecule has 0 aliphatic rings. The lowest BCUT2D eigenvalue weighted by Crippen LogP contribution is -1.89. The summed E-state index contributed by atoms with van der Waals surface area (Å²) in [6.45, 7) is 6.12. The van der Waals surface area contributed by atoms with Crippen molar-refractivity contribution in [1.82, 2.24) is 4.67 Å². The first-order valence-corrected chi connectivity index (χ1v) is 2.58. The highest BCUT2D eigenvalue weighted by Gasteiger charge is 1.88. The molecule has 7 heavy (non-hydrogen) atoms. The maximum atomic E-state index is 3.92. The molecule has 0 heterocycles. The summed E-state index contributed by atoms with van der Waals surface area (Å²) in [6, 6.07) is 0. The minimum Gasteiger partial charge on any atom is -0.111 e. The molecule has 0 fully saturated rings. The first-order chi connectivity index (χ1) is 3.27. The second-order valence-electron chi connectivity index (χ2n) is 1.80. The minimum absolute atomic E-state index is 0.580. The standard InChI is InChI=1S/C6H12N/c1-4-7-5-6(2)3/h4-6H,1-3H3/q+1. The van der Waals surface area contributed by atoms with Crippen LogP contribution in [0.4, 0.5) is 0 Å². The van der Waals surface area contributed by atoms with Crippen LogP contribution in [0.15, 0.2) is 0 Å². The number of nitrogens with zero attached hydrogens (tertiary/aromatic N) is 1. The van der Waals surface area contributed by atoms with E-state index in [4.69, 9.17) is 0 Å². The first-order valence-electron chi connectivity index (χ1n) is 2.58. The Morgan fingerprint density at radius 3 is 2.14 bits per heavy atom. The third-order valence-corrected chi connectivity index (χ3v) is 0.533. The van der Waals surface area contributed by atoms with Crippen LogP contribution in [0.1, 0.15) is 20.8 Å². The minimum atomic E-state index is 0.580. The molecule has 0 radical (unpaired) electrons. The zero-order valence-electron chi connectivity index (χ0n) is 5.18. The molecule has 0 aliphatic carbocycles. The van der Waals surface area contributed by atoms with Gasteiger partial charge in [0.05, 0.1) is 0 Å². The molecule has 0 aliphatic heterocycles. The van der Waals surface area contributed by atoms with E-state index in [1.165, 1.54) is 0 Å². The predicted molar refractivity (Wildman–Crippen MR) is 34.8 cm³/mol. The van der Waals surface area contributed by atoms with E-state index < -0.39 is 0 Å². The van der Waals surface area contributed by atoms with Gasteiger partial charge >= 0.3 is 0 Å². The summed E-state index contributed by atoms with van der Waals surface area (Å²) in [5, 5.41) is 0. The van der Waals surface area contributed by atoms with Crippen LogP contribution in [0.5, 0.6) is 0 Å². The van der Waals surface area contributed by atoms with Crippen LogP contribution < -0.4 is 4.67 Å². The summed E-state index contributed by atoms with van der Waals surface area (Å²) < 4.78 is 3.92. The Kier molecular flexibility index (Phi) is 3.35. The lowest BCUT2D eigenvalue weighted by molar-refractivity contribution is 0.907. The molecule has 0 saturated carbocycles. The summed E-state index contributed by atoms with van der Waals surface area (Å²) in [6.07, 6.45) is 3.71. The fraction of sp³-hybridized carbons (Fsp3) is 0.667. The highest BCUT2D eigenvalue weighted by molar-refractivity contribution is 5.65. The molecule has 0 saturated heterocycles. The topological polar surface area (TPSA) is 14.1 Å². The van der Waals surface area contributed by atoms with Gasteiger partial charge in [-0.1, -0.05) is 13.8 Å². The maximum Gasteiger partial charge on any atom is 0.271 e. The number of rotatable bonds is 1. The van der Waals surface area contributed by atoms with Crippen molar-refractivity contribution in [3.63, 3.8) is 0 Å². The van der Waals surface area contributed by atoms with Crippen LogP contribution in [-0.2, 0) is 0 Å². The van der Waals surface area contributed by atoms with Gasteiger partial charge in [0.1, 0.15) is 0 Å². The highest BCUT2D eigenvalue weighted by Crippen LogP contribution is 1.78. The normalized spacial score (nSPS) is 8.00. The Hall–Kier alpha value is -0.550. The summed E-state index contributed by atoms with van der Waals surface area (Å²) in [5.41, 5.74) is 0. The molecule has 1 nitrogen and oxygen atoms in total. The zero-order chi connectivity index (χ0) is 5.70. The monoisotopic (exact) mass is 98.1 g/mol. The van der Waals surface area contributed by atoms with Crippen LogP contribution in [-0.4, -0.2) is 12.4 Å². The quantitative estimate of drug-likeness (QED) is 0.341. The molecule has 0 N–H and O–H groups in total. The summed E-state index contributed by atoms with van der Waals surface area (Å²) >= 11 is 0. The van der Waals surface area contributed by atoms with Crippen LogP contribution in [0.3, 0.4) is 0 Å². The molecule has 0 atom stereocenters. The van der Waals surface area contributed by atoms with Crippen molar-refractivity contribution in [1.29, 1.82) is 0 Å². The lowest BCUT2D eigenvalue weighted by Gasteiger charge is -1.75. The van der Waals surface area contributed by atoms with Gasteiger partial charge in [-0.2, -0.15) is 0 Å². The van der Waals surface area contributed by atoms with Crippen LogP contribution in [0.25, 0.3) is 0 Å². The second-order valence-corrected chi connectivity index (χ2v) is 1.80. The third kappa shape index (κ3) is 5.45. The van der Waals surface area contributed by atoms with Crippen LogP contribution >= 0.6 is 0 Å². The fourth-order valence-corrected chi connectivity index (χ4v) is 0.258. The summed E-state index contributed by atoms with van der Waals surface area (Å²) in [4.78, 5) is 0. The Labute approximate surface area is 44.8 Å². The van der Waals surface area contributed by atoms with Crippen molar-refractivity contribution in [3.8, 4) is 0 Å². The molecular weight excluding hydrogens is 86.1 g/mol. The summed E-state index contributed by atoms with van der Waals surface area (Å²) in [7, 11) is 0. The smallest absolute Gasteiger partial charge is 0.111 e. The van der Waals surface area contributed by atoms with E-state index in [1.54, 1.807) is 6.21 Å². The molecular formula is C6H12N+. The number of hydrogen-bond donors (Lipinski definition) is 0. The van der Waals surface area contributed by atoms with Crippen LogP contribution in [0, 0.1) is 5.92 Å². The van der Waals surface area contributed by atoms with Gasteiger partial charge in [0, 0.05) is 12.8 Å². The first kappa shape index (κ1) is 6.45. The predicted octanol–water partition coefficient (Wildman–Crippen LogP) is 0.871. The molecule has 0 spiro atoms. The SMILES string of the molecule is CC=[N+]=CC(C)C. The van der Waals surface area contributed by atoms with Gasteiger partial charge in [0.2, 0.25) is 0 Å². The zero-order valence-corrected chi connectivity index (χ0v) is 5.18. The average molecular weight is 98.2 g/mol. The molecule has 40 valence electrons. The van der Waals surface area contributed by atoms with Crippen molar-refractivity contribution in [2.75, 3.05) is 0 Å². The van der Waals surface area contributed by atoms with E-state index in [-0.39, 0.29) is 0 Å². The van der Waals surface area contributed by atoms with Crippen molar-refractivity contribution < 1.29 is 0 Å². The Balaban J connectivity index is 3.46. The van der Waals surface area contributed by atoms with E-state index in [0.29, 0.717) is 5.92 Å². The van der Waals surface area contributed by atoms with Crippen molar-refractivity contribution >= 4 is 12.4 Å². The molecule has 0 amide bonds. The van der Waals surface area contributed by atoms with Gasteiger partial charge in [-0.3, -0.25) is 0 Å². The Morgan fingerprint density at radius 1 is 1.43 bits per heavy atom. The van der Waals surface area contributed by atoms with Crippen molar-refractivity contribution in [2.24, 2.45) is 5.92 Å². The second kappa shape index (κ2) is 3.63. The highest BCUT2D eigenvalue weighted by atomic mass is 14.5. The molecule has 0 aromatic carbocycles. The summed E-state index contributed by atoms with van der Waals surface area (Å²) in [5.74, 6) is 0.580. The van der Waals surface area contributed by atoms with Gasteiger partial charge in [-0.15, -0.1) is 4.67 Å². The van der Waals surface area contributed by atoms with E-state index in [2.05, 4.69) is 18.5 Å². The molecule has 0 bridgehead atoms. The van der Waals surface area contributed by atoms with Crippen LogP contribution in [0.2, 0.25) is 0 Å². The van der Waals surface area contributed by atoms with E-state index in [1.807, 2.05) is 13.1 Å². The van der Waals surface area contributed by atoms with Crippen molar-refractivity contribution in [2.45, 2.75) is 20.8 Å². The molecule has 0 rings (SSSR count). The van der Waals surface area contributed by atoms with Crippen molar-refractivity contribution in [3.05, 3.63) is 0 Å². The van der Waals surface area contributed by atoms with Gasteiger partial charge in [-0.25, -0.2) is 0 Å². The largest absolute Gasteiger partial charge is 0.271 e. The van der Waals surface area contributed by atoms with E-state index >= 15 is 0 Å².